The molecule has 0 aliphatic rings. The van der Waals surface area contributed by atoms with E-state index >= 15 is 0 Å². The number of hydrogen-bond acceptors (Lipinski definition) is 4. The lowest BCUT2D eigenvalue weighted by Crippen LogP contribution is -2.37. The van der Waals surface area contributed by atoms with Gasteiger partial charge in [-0.2, -0.15) is 36.1 Å². The first kappa shape index (κ1) is 24.1. The number of nitrogens with zero attached hydrogens (tertiary/aromatic N) is 5. The van der Waals surface area contributed by atoms with Crippen LogP contribution < -0.4 is 0 Å². The predicted octanol–water partition coefficient (Wildman–Crippen LogP) is 4.87. The minimum atomic E-state index is -5.13. The van der Waals surface area contributed by atoms with Crippen LogP contribution in [-0.2, 0) is 12.4 Å². The Balaban J connectivity index is 2.05. The number of halogens is 7. The van der Waals surface area contributed by atoms with Gasteiger partial charge in [0.25, 0.3) is 5.91 Å². The van der Waals surface area contributed by atoms with Gasteiger partial charge in [-0.25, -0.2) is 14.4 Å². The fourth-order valence-corrected chi connectivity index (χ4v) is 3.14. The lowest BCUT2D eigenvalue weighted by molar-refractivity contribution is -0.143. The van der Waals surface area contributed by atoms with Gasteiger partial charge in [0.05, 0.1) is 23.7 Å². The Hall–Kier alpha value is -3.51. The molecule has 0 aliphatic carbocycles. The highest BCUT2D eigenvalue weighted by atomic mass is 19.4. The van der Waals surface area contributed by atoms with Crippen molar-refractivity contribution in [2.24, 2.45) is 0 Å². The fraction of sp³-hybridized carbons (Fsp3) is 0.300. The zero-order valence-corrected chi connectivity index (χ0v) is 16.9. The van der Waals surface area contributed by atoms with Crippen LogP contribution in [0, 0.1) is 0 Å². The Morgan fingerprint density at radius 2 is 1.67 bits per heavy atom. The number of carbonyl (C=O) groups excluding carboxylic acids is 1. The Kier molecular flexibility index (Phi) is 6.70. The average Bonchev–Trinajstić information content (AvgIpc) is 3.25. The molecule has 0 fully saturated rings. The standard InChI is InChI=1S/C20H16F7N5O/c1-12(17-29-11-30-32(17)16-4-2-3-6-28-16)31(7-5-21)18(33)13-8-14(19(22,23)24)10-15(9-13)20(25,26)27/h2-4,6,8-12H,5,7H2,1H3. The van der Waals surface area contributed by atoms with Crippen LogP contribution in [-0.4, -0.2) is 43.8 Å². The first-order valence-electron chi connectivity index (χ1n) is 9.41. The Morgan fingerprint density at radius 1 is 1.03 bits per heavy atom. The summed E-state index contributed by atoms with van der Waals surface area (Å²) in [4.78, 5) is 21.9. The van der Waals surface area contributed by atoms with Crippen molar-refractivity contribution in [1.29, 1.82) is 0 Å². The number of rotatable bonds is 6. The van der Waals surface area contributed by atoms with Crippen LogP contribution in [0.2, 0.25) is 0 Å². The summed E-state index contributed by atoms with van der Waals surface area (Å²) in [7, 11) is 0. The van der Waals surface area contributed by atoms with Crippen molar-refractivity contribution in [2.45, 2.75) is 25.3 Å². The van der Waals surface area contributed by atoms with E-state index in [-0.39, 0.29) is 11.9 Å². The van der Waals surface area contributed by atoms with Gasteiger partial charge in [0.1, 0.15) is 13.0 Å². The summed E-state index contributed by atoms with van der Waals surface area (Å²) in [6.45, 7) is -0.305. The van der Waals surface area contributed by atoms with Crippen molar-refractivity contribution in [3.63, 3.8) is 0 Å². The molecule has 1 aromatic carbocycles. The van der Waals surface area contributed by atoms with E-state index in [4.69, 9.17) is 0 Å². The number of carbonyl (C=O) groups is 1. The summed E-state index contributed by atoms with van der Waals surface area (Å²) in [5.74, 6) is -0.853. The van der Waals surface area contributed by atoms with Gasteiger partial charge in [0, 0.05) is 11.8 Å². The smallest absolute Gasteiger partial charge is 0.326 e. The van der Waals surface area contributed by atoms with Crippen LogP contribution >= 0.6 is 0 Å². The van der Waals surface area contributed by atoms with Crippen LogP contribution in [0.1, 0.15) is 40.3 Å². The second kappa shape index (κ2) is 9.16. The molecule has 6 nitrogen and oxygen atoms in total. The third-order valence-electron chi connectivity index (χ3n) is 4.70. The third kappa shape index (κ3) is 5.29. The van der Waals surface area contributed by atoms with E-state index in [1.165, 1.54) is 17.8 Å². The first-order valence-corrected chi connectivity index (χ1v) is 9.41. The summed E-state index contributed by atoms with van der Waals surface area (Å²) in [5.41, 5.74) is -4.18. The molecule has 1 atom stereocenters. The lowest BCUT2D eigenvalue weighted by atomic mass is 10.0. The molecule has 0 spiro atoms. The zero-order valence-electron chi connectivity index (χ0n) is 16.9. The fourth-order valence-electron chi connectivity index (χ4n) is 3.14. The average molecular weight is 475 g/mol. The molecular weight excluding hydrogens is 459 g/mol. The van der Waals surface area contributed by atoms with Crippen LogP contribution in [0.15, 0.2) is 48.9 Å². The largest absolute Gasteiger partial charge is 0.416 e. The van der Waals surface area contributed by atoms with Crippen LogP contribution in [0.4, 0.5) is 30.7 Å². The van der Waals surface area contributed by atoms with Crippen molar-refractivity contribution in [3.05, 3.63) is 71.4 Å². The van der Waals surface area contributed by atoms with Gasteiger partial charge >= 0.3 is 12.4 Å². The number of pyridine rings is 1. The number of amides is 1. The molecule has 0 aliphatic heterocycles. The highest BCUT2D eigenvalue weighted by Gasteiger charge is 2.38. The van der Waals surface area contributed by atoms with Gasteiger partial charge in [0.15, 0.2) is 11.6 Å². The van der Waals surface area contributed by atoms with Gasteiger partial charge in [0.2, 0.25) is 0 Å². The predicted molar refractivity (Wildman–Crippen MR) is 101 cm³/mol. The topological polar surface area (TPSA) is 63.9 Å². The van der Waals surface area contributed by atoms with E-state index < -0.39 is 54.2 Å². The highest BCUT2D eigenvalue weighted by molar-refractivity contribution is 5.95. The molecule has 3 rings (SSSR count). The molecule has 33 heavy (non-hydrogen) atoms. The molecular formula is C20H16F7N5O. The molecule has 0 saturated heterocycles. The SMILES string of the molecule is CC(c1ncnn1-c1ccccn1)N(CCF)C(=O)c1cc(C(F)(F)F)cc(C(F)(F)F)c1. The highest BCUT2D eigenvalue weighted by Crippen LogP contribution is 2.37. The summed E-state index contributed by atoms with van der Waals surface area (Å²) in [5, 5.41) is 3.99. The molecule has 176 valence electrons. The van der Waals surface area contributed by atoms with E-state index in [0.717, 1.165) is 11.2 Å². The van der Waals surface area contributed by atoms with E-state index in [1.807, 2.05) is 0 Å². The molecule has 0 bridgehead atoms. The van der Waals surface area contributed by atoms with Gasteiger partial charge in [-0.1, -0.05) is 6.07 Å². The van der Waals surface area contributed by atoms with Gasteiger partial charge in [-0.15, -0.1) is 0 Å². The van der Waals surface area contributed by atoms with Crippen molar-refractivity contribution in [2.75, 3.05) is 13.2 Å². The molecule has 13 heteroatoms. The van der Waals surface area contributed by atoms with Crippen LogP contribution in [0.25, 0.3) is 5.82 Å². The van der Waals surface area contributed by atoms with E-state index in [2.05, 4.69) is 15.1 Å². The first-order chi connectivity index (χ1) is 15.4. The van der Waals surface area contributed by atoms with Crippen LogP contribution in [0.3, 0.4) is 0 Å². The number of alkyl halides is 7. The maximum Gasteiger partial charge on any atom is 0.416 e. The van der Waals surface area contributed by atoms with E-state index in [0.29, 0.717) is 18.0 Å². The van der Waals surface area contributed by atoms with Crippen LogP contribution in [0.5, 0.6) is 0 Å². The van der Waals surface area contributed by atoms with Crippen molar-refractivity contribution in [3.8, 4) is 5.82 Å². The summed E-state index contributed by atoms with van der Waals surface area (Å²) in [6, 6.07) is 4.30. The molecule has 1 amide bonds. The number of benzene rings is 1. The minimum absolute atomic E-state index is 0.0820. The van der Waals surface area contributed by atoms with Crippen molar-refractivity contribution in [1.82, 2.24) is 24.6 Å². The molecule has 2 heterocycles. The molecule has 1 unspecified atom stereocenters. The molecule has 0 radical (unpaired) electrons. The normalized spacial score (nSPS) is 13.1. The Morgan fingerprint density at radius 3 is 2.18 bits per heavy atom. The summed E-state index contributed by atoms with van der Waals surface area (Å²) >= 11 is 0. The van der Waals surface area contributed by atoms with E-state index in [1.54, 1.807) is 18.2 Å². The summed E-state index contributed by atoms with van der Waals surface area (Å²) in [6.07, 6.45) is -7.68. The number of hydrogen-bond donors (Lipinski definition) is 0. The minimum Gasteiger partial charge on any atom is -0.326 e. The maximum absolute atomic E-state index is 13.3. The van der Waals surface area contributed by atoms with Crippen molar-refractivity contribution < 1.29 is 35.5 Å². The maximum atomic E-state index is 13.3. The van der Waals surface area contributed by atoms with Crippen molar-refractivity contribution >= 4 is 5.91 Å². The Labute approximate surface area is 182 Å². The Bertz CT molecular complexity index is 1080. The molecule has 0 N–H and O–H groups in total. The van der Waals surface area contributed by atoms with Gasteiger partial charge < -0.3 is 4.90 Å². The molecule has 0 saturated carbocycles. The molecule has 2 aromatic heterocycles. The van der Waals surface area contributed by atoms with Gasteiger partial charge in [-0.3, -0.25) is 4.79 Å². The number of aromatic nitrogens is 4. The lowest BCUT2D eigenvalue weighted by Gasteiger charge is -2.28. The second-order valence-corrected chi connectivity index (χ2v) is 6.88. The monoisotopic (exact) mass is 475 g/mol. The van der Waals surface area contributed by atoms with Gasteiger partial charge in [-0.05, 0) is 37.3 Å². The quantitative estimate of drug-likeness (QED) is 0.477. The third-order valence-corrected chi connectivity index (χ3v) is 4.70. The summed E-state index contributed by atoms with van der Waals surface area (Å²) < 4.78 is 93.6. The zero-order chi connectivity index (χ0) is 24.4. The molecule has 3 aromatic rings. The second-order valence-electron chi connectivity index (χ2n) is 6.88. The van der Waals surface area contributed by atoms with E-state index in [9.17, 15) is 35.5 Å².